The molecule has 2 rings (SSSR count). The molecule has 1 aliphatic heterocycles. The van der Waals surface area contributed by atoms with E-state index in [1.807, 2.05) is 12.1 Å². The molecule has 1 heterocycles. The Labute approximate surface area is 90.7 Å². The highest BCUT2D eigenvalue weighted by molar-refractivity contribution is 6.02. The molecule has 1 N–H and O–H groups in total. The largest absolute Gasteiger partial charge is 0.384 e. The first-order valence-corrected chi connectivity index (χ1v) is 5.60. The lowest BCUT2D eigenvalue weighted by atomic mass is 9.96. The number of anilines is 1. The van der Waals surface area contributed by atoms with Gasteiger partial charge in [-0.2, -0.15) is 0 Å². The molecule has 0 amide bonds. The molecule has 0 spiro atoms. The third kappa shape index (κ3) is 1.89. The van der Waals surface area contributed by atoms with Gasteiger partial charge in [0.1, 0.15) is 0 Å². The van der Waals surface area contributed by atoms with Gasteiger partial charge >= 0.3 is 0 Å². The fourth-order valence-electron chi connectivity index (χ4n) is 2.08. The average molecular weight is 203 g/mol. The molecule has 0 saturated carbocycles. The summed E-state index contributed by atoms with van der Waals surface area (Å²) in [6.45, 7) is 5.22. The molecular weight excluding hydrogens is 186 g/mol. The molecule has 1 aromatic carbocycles. The first-order valence-electron chi connectivity index (χ1n) is 5.60. The number of hydrogen-bond donors (Lipinski definition) is 1. The number of benzene rings is 1. The van der Waals surface area contributed by atoms with Crippen LogP contribution in [-0.2, 0) is 0 Å². The number of rotatable bonds is 1. The predicted molar refractivity (Wildman–Crippen MR) is 62.6 cm³/mol. The minimum Gasteiger partial charge on any atom is -0.384 e. The molecule has 0 radical (unpaired) electrons. The van der Waals surface area contributed by atoms with Crippen molar-refractivity contribution in [3.63, 3.8) is 0 Å². The standard InChI is InChI=1S/C13H17NO/c1-9(2)10-5-3-6-11-12(15)7-4-8-14-13(10)11/h3,5-6,9,14H,4,7-8H2,1-2H3. The van der Waals surface area contributed by atoms with Crippen LogP contribution in [0, 0.1) is 0 Å². The quantitative estimate of drug-likeness (QED) is 0.759. The molecule has 2 heteroatoms. The van der Waals surface area contributed by atoms with E-state index in [1.165, 1.54) is 5.56 Å². The van der Waals surface area contributed by atoms with Crippen LogP contribution < -0.4 is 5.32 Å². The molecule has 1 aromatic rings. The van der Waals surface area contributed by atoms with Crippen molar-refractivity contribution in [2.24, 2.45) is 0 Å². The van der Waals surface area contributed by atoms with Gasteiger partial charge in [0, 0.05) is 24.2 Å². The molecule has 2 nitrogen and oxygen atoms in total. The van der Waals surface area contributed by atoms with Crippen LogP contribution in [0.3, 0.4) is 0 Å². The lowest BCUT2D eigenvalue weighted by molar-refractivity contribution is 0.0984. The Morgan fingerprint density at radius 3 is 2.87 bits per heavy atom. The van der Waals surface area contributed by atoms with Crippen molar-refractivity contribution in [2.45, 2.75) is 32.6 Å². The monoisotopic (exact) mass is 203 g/mol. The van der Waals surface area contributed by atoms with Crippen LogP contribution in [0.25, 0.3) is 0 Å². The van der Waals surface area contributed by atoms with E-state index in [2.05, 4.69) is 25.2 Å². The van der Waals surface area contributed by atoms with Crippen LogP contribution in [-0.4, -0.2) is 12.3 Å². The van der Waals surface area contributed by atoms with Gasteiger partial charge in [-0.1, -0.05) is 26.0 Å². The summed E-state index contributed by atoms with van der Waals surface area (Å²) >= 11 is 0. The average Bonchev–Trinajstić information content (AvgIpc) is 2.40. The van der Waals surface area contributed by atoms with Crippen molar-refractivity contribution >= 4 is 11.5 Å². The number of hydrogen-bond acceptors (Lipinski definition) is 2. The summed E-state index contributed by atoms with van der Waals surface area (Å²) < 4.78 is 0. The third-order valence-electron chi connectivity index (χ3n) is 2.90. The molecule has 0 unspecified atom stereocenters. The lowest BCUT2D eigenvalue weighted by Gasteiger charge is -2.15. The molecule has 0 saturated heterocycles. The Kier molecular flexibility index (Phi) is 2.76. The SMILES string of the molecule is CC(C)c1cccc2c1NCCCC2=O. The summed E-state index contributed by atoms with van der Waals surface area (Å²) in [5.74, 6) is 0.732. The van der Waals surface area contributed by atoms with Crippen molar-refractivity contribution in [3.8, 4) is 0 Å². The molecule has 0 fully saturated rings. The first-order chi connectivity index (χ1) is 7.20. The zero-order valence-corrected chi connectivity index (χ0v) is 9.34. The second-order valence-corrected chi connectivity index (χ2v) is 4.38. The van der Waals surface area contributed by atoms with Crippen molar-refractivity contribution in [1.82, 2.24) is 0 Å². The van der Waals surface area contributed by atoms with Gasteiger partial charge in [0.15, 0.2) is 5.78 Å². The van der Waals surface area contributed by atoms with E-state index in [0.717, 1.165) is 24.2 Å². The van der Waals surface area contributed by atoms with E-state index in [1.54, 1.807) is 0 Å². The van der Waals surface area contributed by atoms with Gasteiger partial charge in [-0.25, -0.2) is 0 Å². The number of carbonyl (C=O) groups is 1. The minimum atomic E-state index is 0.275. The zero-order chi connectivity index (χ0) is 10.8. The van der Waals surface area contributed by atoms with Gasteiger partial charge in [0.05, 0.1) is 0 Å². The van der Waals surface area contributed by atoms with Gasteiger partial charge < -0.3 is 5.32 Å². The van der Waals surface area contributed by atoms with Crippen molar-refractivity contribution in [2.75, 3.05) is 11.9 Å². The number of para-hydroxylation sites is 1. The van der Waals surface area contributed by atoms with Crippen LogP contribution in [0.5, 0.6) is 0 Å². The molecule has 80 valence electrons. The molecule has 0 bridgehead atoms. The maximum Gasteiger partial charge on any atom is 0.165 e. The summed E-state index contributed by atoms with van der Waals surface area (Å²) in [7, 11) is 0. The van der Waals surface area contributed by atoms with E-state index >= 15 is 0 Å². The van der Waals surface area contributed by atoms with E-state index in [-0.39, 0.29) is 5.78 Å². The molecule has 15 heavy (non-hydrogen) atoms. The minimum absolute atomic E-state index is 0.275. The van der Waals surface area contributed by atoms with Crippen molar-refractivity contribution < 1.29 is 4.79 Å². The van der Waals surface area contributed by atoms with E-state index < -0.39 is 0 Å². The Bertz CT molecular complexity index is 382. The van der Waals surface area contributed by atoms with E-state index in [0.29, 0.717) is 12.3 Å². The van der Waals surface area contributed by atoms with Crippen LogP contribution in [0.4, 0.5) is 5.69 Å². The number of nitrogens with one attached hydrogen (secondary N) is 1. The summed E-state index contributed by atoms with van der Waals surface area (Å²) in [6.07, 6.45) is 1.60. The predicted octanol–water partition coefficient (Wildman–Crippen LogP) is 3.20. The van der Waals surface area contributed by atoms with E-state index in [9.17, 15) is 4.79 Å². The maximum absolute atomic E-state index is 11.8. The lowest BCUT2D eigenvalue weighted by Crippen LogP contribution is -2.05. The Morgan fingerprint density at radius 2 is 2.13 bits per heavy atom. The molecule has 0 aliphatic carbocycles. The van der Waals surface area contributed by atoms with Gasteiger partial charge in [-0.3, -0.25) is 4.79 Å². The number of ketones is 1. The smallest absolute Gasteiger partial charge is 0.165 e. The fraction of sp³-hybridized carbons (Fsp3) is 0.462. The topological polar surface area (TPSA) is 29.1 Å². The summed E-state index contributed by atoms with van der Waals surface area (Å²) in [4.78, 5) is 11.8. The number of fused-ring (bicyclic) bond motifs is 1. The Hall–Kier alpha value is -1.31. The number of Topliss-reactive ketones (excluding diaryl/α,β-unsaturated/α-hetero) is 1. The summed E-state index contributed by atoms with van der Waals surface area (Å²) in [5, 5.41) is 3.38. The molecular formula is C13H17NO. The van der Waals surface area contributed by atoms with E-state index in [4.69, 9.17) is 0 Å². The summed E-state index contributed by atoms with van der Waals surface area (Å²) in [6, 6.07) is 6.02. The van der Waals surface area contributed by atoms with Crippen LogP contribution in [0.2, 0.25) is 0 Å². The van der Waals surface area contributed by atoms with Gasteiger partial charge in [-0.15, -0.1) is 0 Å². The molecule has 0 atom stereocenters. The van der Waals surface area contributed by atoms with Crippen LogP contribution in [0.15, 0.2) is 18.2 Å². The van der Waals surface area contributed by atoms with Gasteiger partial charge in [0.25, 0.3) is 0 Å². The van der Waals surface area contributed by atoms with Crippen molar-refractivity contribution in [1.29, 1.82) is 0 Å². The maximum atomic E-state index is 11.8. The molecule has 0 aromatic heterocycles. The summed E-state index contributed by atoms with van der Waals surface area (Å²) in [5.41, 5.74) is 3.19. The first kappa shape index (κ1) is 10.2. The Morgan fingerprint density at radius 1 is 1.33 bits per heavy atom. The van der Waals surface area contributed by atoms with Gasteiger partial charge in [0.2, 0.25) is 0 Å². The highest BCUT2D eigenvalue weighted by Gasteiger charge is 2.18. The second kappa shape index (κ2) is 4.05. The van der Waals surface area contributed by atoms with Crippen LogP contribution >= 0.6 is 0 Å². The Balaban J connectivity index is 2.53. The zero-order valence-electron chi connectivity index (χ0n) is 9.34. The van der Waals surface area contributed by atoms with Gasteiger partial charge in [-0.05, 0) is 24.0 Å². The number of carbonyl (C=O) groups excluding carboxylic acids is 1. The fourth-order valence-corrected chi connectivity index (χ4v) is 2.08. The highest BCUT2D eigenvalue weighted by atomic mass is 16.1. The normalized spacial score (nSPS) is 15.8. The van der Waals surface area contributed by atoms with Crippen LogP contribution in [0.1, 0.15) is 48.5 Å². The van der Waals surface area contributed by atoms with Crippen molar-refractivity contribution in [3.05, 3.63) is 29.3 Å². The highest BCUT2D eigenvalue weighted by Crippen LogP contribution is 2.30. The third-order valence-corrected chi connectivity index (χ3v) is 2.90. The molecule has 1 aliphatic rings. The second-order valence-electron chi connectivity index (χ2n) is 4.38.